The molecule has 0 aliphatic heterocycles. The standard InChI is InChI=1S/C18H18ClN3O3/c1-4-21-16-11-12(19)5-10-15(16)20-17(21)18(2,3)25-14-8-6-13(7-9-14)22(23)24/h5-11H,4H2,1-3H3. The molecule has 25 heavy (non-hydrogen) atoms. The summed E-state index contributed by atoms with van der Waals surface area (Å²) >= 11 is 6.11. The molecule has 0 aliphatic rings. The minimum atomic E-state index is -0.725. The summed E-state index contributed by atoms with van der Waals surface area (Å²) in [6.45, 7) is 6.60. The number of nitro benzene ring substituents is 1. The molecule has 0 fully saturated rings. The summed E-state index contributed by atoms with van der Waals surface area (Å²) < 4.78 is 8.15. The third-order valence-electron chi connectivity index (χ3n) is 3.99. The third-order valence-corrected chi connectivity index (χ3v) is 4.22. The van der Waals surface area contributed by atoms with Crippen LogP contribution in [-0.2, 0) is 12.1 Å². The largest absolute Gasteiger partial charge is 0.480 e. The van der Waals surface area contributed by atoms with Gasteiger partial charge >= 0.3 is 0 Å². The number of fused-ring (bicyclic) bond motifs is 1. The van der Waals surface area contributed by atoms with E-state index in [1.54, 1.807) is 12.1 Å². The van der Waals surface area contributed by atoms with Gasteiger partial charge in [0.25, 0.3) is 5.69 Å². The van der Waals surface area contributed by atoms with Crippen LogP contribution in [0.1, 0.15) is 26.6 Å². The lowest BCUT2D eigenvalue weighted by atomic mass is 10.1. The highest BCUT2D eigenvalue weighted by Crippen LogP contribution is 2.31. The van der Waals surface area contributed by atoms with E-state index >= 15 is 0 Å². The average Bonchev–Trinajstić information content (AvgIpc) is 2.93. The summed E-state index contributed by atoms with van der Waals surface area (Å²) in [5.41, 5.74) is 1.10. The van der Waals surface area contributed by atoms with Gasteiger partial charge in [0.2, 0.25) is 0 Å². The molecule has 0 saturated carbocycles. The van der Waals surface area contributed by atoms with Gasteiger partial charge in [0, 0.05) is 23.7 Å². The quantitative estimate of drug-likeness (QED) is 0.478. The molecule has 0 radical (unpaired) electrons. The van der Waals surface area contributed by atoms with Crippen LogP contribution in [0.2, 0.25) is 5.02 Å². The van der Waals surface area contributed by atoms with Gasteiger partial charge in [-0.25, -0.2) is 4.98 Å². The van der Waals surface area contributed by atoms with Crippen molar-refractivity contribution in [3.63, 3.8) is 0 Å². The van der Waals surface area contributed by atoms with Crippen molar-refractivity contribution < 1.29 is 9.66 Å². The topological polar surface area (TPSA) is 70.2 Å². The second kappa shape index (κ2) is 6.37. The molecular weight excluding hydrogens is 342 g/mol. The molecule has 130 valence electrons. The van der Waals surface area contributed by atoms with E-state index in [0.29, 0.717) is 10.8 Å². The van der Waals surface area contributed by atoms with E-state index in [0.717, 1.165) is 23.4 Å². The molecule has 6 nitrogen and oxygen atoms in total. The van der Waals surface area contributed by atoms with Gasteiger partial charge in [-0.3, -0.25) is 10.1 Å². The fourth-order valence-corrected chi connectivity index (χ4v) is 3.02. The Morgan fingerprint density at radius 1 is 1.24 bits per heavy atom. The lowest BCUT2D eigenvalue weighted by Gasteiger charge is -2.26. The number of imidazole rings is 1. The SMILES string of the molecule is CCn1c(C(C)(C)Oc2ccc([N+](=O)[O-])cc2)nc2ccc(Cl)cc21. The van der Waals surface area contributed by atoms with Crippen LogP contribution in [0, 0.1) is 10.1 Å². The fraction of sp³-hybridized carbons (Fsp3) is 0.278. The van der Waals surface area contributed by atoms with Crippen LogP contribution in [0.15, 0.2) is 42.5 Å². The van der Waals surface area contributed by atoms with E-state index in [2.05, 4.69) is 4.57 Å². The summed E-state index contributed by atoms with van der Waals surface area (Å²) in [6.07, 6.45) is 0. The van der Waals surface area contributed by atoms with Gasteiger partial charge in [-0.15, -0.1) is 0 Å². The smallest absolute Gasteiger partial charge is 0.269 e. The van der Waals surface area contributed by atoms with Crippen molar-refractivity contribution in [2.24, 2.45) is 0 Å². The first-order chi connectivity index (χ1) is 11.8. The summed E-state index contributed by atoms with van der Waals surface area (Å²) in [6, 6.07) is 11.6. The maximum atomic E-state index is 10.8. The van der Waals surface area contributed by atoms with Gasteiger partial charge in [-0.2, -0.15) is 0 Å². The van der Waals surface area contributed by atoms with Crippen molar-refractivity contribution in [2.45, 2.75) is 32.9 Å². The van der Waals surface area contributed by atoms with E-state index in [4.69, 9.17) is 21.3 Å². The van der Waals surface area contributed by atoms with Crippen LogP contribution >= 0.6 is 11.6 Å². The highest BCUT2D eigenvalue weighted by atomic mass is 35.5. The zero-order chi connectivity index (χ0) is 18.2. The fourth-order valence-electron chi connectivity index (χ4n) is 2.85. The Morgan fingerprint density at radius 2 is 1.92 bits per heavy atom. The minimum Gasteiger partial charge on any atom is -0.480 e. The van der Waals surface area contributed by atoms with Crippen molar-refractivity contribution >= 4 is 28.3 Å². The number of halogens is 1. The number of aryl methyl sites for hydroxylation is 1. The average molecular weight is 360 g/mol. The van der Waals surface area contributed by atoms with Crippen molar-refractivity contribution in [3.05, 3.63) is 63.4 Å². The molecule has 0 saturated heterocycles. The van der Waals surface area contributed by atoms with E-state index in [9.17, 15) is 10.1 Å². The normalized spacial score (nSPS) is 11.7. The number of hydrogen-bond acceptors (Lipinski definition) is 4. The first-order valence-corrected chi connectivity index (χ1v) is 8.29. The number of benzene rings is 2. The van der Waals surface area contributed by atoms with Gasteiger partial charge in [0.1, 0.15) is 5.75 Å². The predicted octanol–water partition coefficient (Wildman–Crippen LogP) is 4.93. The number of hydrogen-bond donors (Lipinski definition) is 0. The van der Waals surface area contributed by atoms with E-state index in [-0.39, 0.29) is 5.69 Å². The molecule has 3 aromatic rings. The van der Waals surface area contributed by atoms with Gasteiger partial charge in [0.15, 0.2) is 11.4 Å². The van der Waals surface area contributed by atoms with Crippen LogP contribution in [0.4, 0.5) is 5.69 Å². The number of ether oxygens (including phenoxy) is 1. The van der Waals surface area contributed by atoms with E-state index in [1.807, 2.05) is 39.0 Å². The molecule has 0 unspecified atom stereocenters. The van der Waals surface area contributed by atoms with Crippen molar-refractivity contribution in [1.29, 1.82) is 0 Å². The summed E-state index contributed by atoms with van der Waals surface area (Å²) in [5.74, 6) is 1.31. The molecule has 0 amide bonds. The molecule has 0 N–H and O–H groups in total. The zero-order valence-corrected chi connectivity index (χ0v) is 14.9. The van der Waals surface area contributed by atoms with Gasteiger partial charge in [-0.1, -0.05) is 11.6 Å². The van der Waals surface area contributed by atoms with E-state index in [1.165, 1.54) is 12.1 Å². The molecule has 0 bridgehead atoms. The first kappa shape index (κ1) is 17.2. The number of aromatic nitrogens is 2. The van der Waals surface area contributed by atoms with Crippen LogP contribution in [0.3, 0.4) is 0 Å². The lowest BCUT2D eigenvalue weighted by molar-refractivity contribution is -0.384. The van der Waals surface area contributed by atoms with Crippen LogP contribution in [-0.4, -0.2) is 14.5 Å². The Labute approximate surface area is 150 Å². The van der Waals surface area contributed by atoms with Crippen LogP contribution in [0.25, 0.3) is 11.0 Å². The molecule has 7 heteroatoms. The molecule has 3 rings (SSSR count). The minimum absolute atomic E-state index is 0.0283. The maximum absolute atomic E-state index is 10.8. The van der Waals surface area contributed by atoms with Gasteiger partial charge in [0.05, 0.1) is 16.0 Å². The van der Waals surface area contributed by atoms with E-state index < -0.39 is 10.5 Å². The van der Waals surface area contributed by atoms with Crippen LogP contribution in [0.5, 0.6) is 5.75 Å². The van der Waals surface area contributed by atoms with Crippen molar-refractivity contribution in [3.8, 4) is 5.75 Å². The van der Waals surface area contributed by atoms with Crippen molar-refractivity contribution in [1.82, 2.24) is 9.55 Å². The molecule has 1 aromatic heterocycles. The maximum Gasteiger partial charge on any atom is 0.269 e. The summed E-state index contributed by atoms with van der Waals surface area (Å²) in [7, 11) is 0. The number of nitrogens with zero attached hydrogens (tertiary/aromatic N) is 3. The van der Waals surface area contributed by atoms with Crippen molar-refractivity contribution in [2.75, 3.05) is 0 Å². The second-order valence-corrected chi connectivity index (χ2v) is 6.61. The Morgan fingerprint density at radius 3 is 2.52 bits per heavy atom. The molecular formula is C18H18ClN3O3. The summed E-state index contributed by atoms with van der Waals surface area (Å²) in [5, 5.41) is 11.4. The van der Waals surface area contributed by atoms with Crippen LogP contribution < -0.4 is 4.74 Å². The Balaban J connectivity index is 1.99. The Kier molecular flexibility index (Phi) is 4.39. The van der Waals surface area contributed by atoms with Gasteiger partial charge < -0.3 is 9.30 Å². The predicted molar refractivity (Wildman–Crippen MR) is 97.2 cm³/mol. The number of rotatable bonds is 5. The lowest BCUT2D eigenvalue weighted by Crippen LogP contribution is -2.29. The summed E-state index contributed by atoms with van der Waals surface area (Å²) in [4.78, 5) is 15.0. The van der Waals surface area contributed by atoms with Gasteiger partial charge in [-0.05, 0) is 51.1 Å². The second-order valence-electron chi connectivity index (χ2n) is 6.18. The molecule has 0 aliphatic carbocycles. The number of non-ortho nitro benzene ring substituents is 1. The highest BCUT2D eigenvalue weighted by Gasteiger charge is 2.30. The zero-order valence-electron chi connectivity index (χ0n) is 14.2. The Bertz CT molecular complexity index is 933. The highest BCUT2D eigenvalue weighted by molar-refractivity contribution is 6.31. The molecule has 0 spiro atoms. The first-order valence-electron chi connectivity index (χ1n) is 7.91. The molecule has 1 heterocycles. The molecule has 2 aromatic carbocycles. The number of nitro groups is 1. The molecule has 0 atom stereocenters. The Hall–Kier alpha value is -2.60. The third kappa shape index (κ3) is 3.30. The monoisotopic (exact) mass is 359 g/mol.